The first-order valence-electron chi connectivity index (χ1n) is 6.71. The minimum absolute atomic E-state index is 0.0603. The number of H-pyrrole nitrogens is 1. The van der Waals surface area contributed by atoms with E-state index in [1.807, 2.05) is 0 Å². The Hall–Kier alpha value is -3.42. The normalized spacial score (nSPS) is 10.4. The zero-order valence-electron chi connectivity index (χ0n) is 11.9. The number of aromatic nitrogens is 3. The molecule has 0 aliphatic rings. The zero-order chi connectivity index (χ0) is 16.2. The summed E-state index contributed by atoms with van der Waals surface area (Å²) in [5.74, 6) is -0.199. The molecule has 2 N–H and O–H groups in total. The number of rotatable bonds is 4. The Balaban J connectivity index is 1.93. The largest absolute Gasteiger partial charge is 0.467 e. The van der Waals surface area contributed by atoms with E-state index in [2.05, 4.69) is 15.3 Å². The first kappa shape index (κ1) is 14.5. The van der Waals surface area contributed by atoms with Gasteiger partial charge in [0.05, 0.1) is 24.7 Å². The molecule has 0 radical (unpaired) electrons. The van der Waals surface area contributed by atoms with Crippen LogP contribution in [0.15, 0.2) is 63.1 Å². The highest BCUT2D eigenvalue weighted by Crippen LogP contribution is 2.05. The second-order valence-electron chi connectivity index (χ2n) is 4.67. The number of hydrogen-bond acceptors (Lipinski definition) is 5. The highest BCUT2D eigenvalue weighted by Gasteiger charge is 2.15. The van der Waals surface area contributed by atoms with Gasteiger partial charge in [-0.1, -0.05) is 0 Å². The van der Waals surface area contributed by atoms with Gasteiger partial charge in [-0.2, -0.15) is 0 Å². The van der Waals surface area contributed by atoms with Gasteiger partial charge in [0.1, 0.15) is 11.3 Å². The average Bonchev–Trinajstić information content (AvgIpc) is 3.05. The summed E-state index contributed by atoms with van der Waals surface area (Å²) in [6.45, 7) is -0.0603. The molecule has 0 aliphatic heterocycles. The number of nitrogens with zero attached hydrogens (tertiary/aromatic N) is 2. The van der Waals surface area contributed by atoms with Gasteiger partial charge in [-0.25, -0.2) is 4.79 Å². The van der Waals surface area contributed by atoms with Crippen molar-refractivity contribution < 1.29 is 9.21 Å². The SMILES string of the molecule is O=C(Nc1cccnc1)c1c[nH]c(=O)n(Cc2ccco2)c1=O. The molecule has 3 aromatic rings. The second-order valence-corrected chi connectivity index (χ2v) is 4.67. The van der Waals surface area contributed by atoms with Crippen molar-refractivity contribution >= 4 is 11.6 Å². The number of carbonyl (C=O) groups excluding carboxylic acids is 1. The van der Waals surface area contributed by atoms with Crippen molar-refractivity contribution in [3.8, 4) is 0 Å². The molecular weight excluding hydrogens is 300 g/mol. The van der Waals surface area contributed by atoms with Crippen molar-refractivity contribution in [3.05, 3.63) is 81.3 Å². The molecule has 0 bridgehead atoms. The van der Waals surface area contributed by atoms with Gasteiger partial charge in [0, 0.05) is 12.4 Å². The molecule has 0 spiro atoms. The number of pyridine rings is 1. The van der Waals surface area contributed by atoms with Crippen LogP contribution in [0.25, 0.3) is 0 Å². The molecular formula is C15H12N4O4. The first-order valence-corrected chi connectivity index (χ1v) is 6.71. The maximum Gasteiger partial charge on any atom is 0.328 e. The smallest absolute Gasteiger partial charge is 0.328 e. The molecule has 0 saturated carbocycles. The summed E-state index contributed by atoms with van der Waals surface area (Å²) < 4.78 is 6.02. The molecule has 0 saturated heterocycles. The standard InChI is InChI=1S/C15H12N4O4/c20-13(18-10-3-1-5-16-7-10)12-8-17-15(22)19(14(12)21)9-11-4-2-6-23-11/h1-8H,9H2,(H,17,22)(H,18,20). The summed E-state index contributed by atoms with van der Waals surface area (Å²) >= 11 is 0. The predicted molar refractivity (Wildman–Crippen MR) is 81.3 cm³/mol. The van der Waals surface area contributed by atoms with Crippen molar-refractivity contribution in [1.29, 1.82) is 0 Å². The fraction of sp³-hybridized carbons (Fsp3) is 0.0667. The molecule has 8 nitrogen and oxygen atoms in total. The third-order valence-corrected chi connectivity index (χ3v) is 3.12. The lowest BCUT2D eigenvalue weighted by atomic mass is 10.3. The number of nitrogens with one attached hydrogen (secondary N) is 2. The van der Waals surface area contributed by atoms with E-state index < -0.39 is 17.2 Å². The Morgan fingerprint density at radius 1 is 1.30 bits per heavy atom. The van der Waals surface area contributed by atoms with Crippen molar-refractivity contribution in [2.75, 3.05) is 5.32 Å². The second kappa shape index (κ2) is 6.14. The summed E-state index contributed by atoms with van der Waals surface area (Å²) in [5.41, 5.74) is -1.06. The van der Waals surface area contributed by atoms with Crippen LogP contribution in [0.2, 0.25) is 0 Å². The van der Waals surface area contributed by atoms with E-state index in [-0.39, 0.29) is 12.1 Å². The third kappa shape index (κ3) is 3.10. The summed E-state index contributed by atoms with van der Waals surface area (Å²) in [6.07, 6.45) is 5.54. The Bertz CT molecular complexity index is 926. The van der Waals surface area contributed by atoms with Crippen LogP contribution in [-0.4, -0.2) is 20.4 Å². The summed E-state index contributed by atoms with van der Waals surface area (Å²) in [4.78, 5) is 42.6. The molecule has 0 aromatic carbocycles. The maximum absolute atomic E-state index is 12.4. The first-order chi connectivity index (χ1) is 11.1. The number of anilines is 1. The van der Waals surface area contributed by atoms with E-state index in [9.17, 15) is 14.4 Å². The molecule has 116 valence electrons. The topological polar surface area (TPSA) is 110 Å². The molecule has 3 heterocycles. The molecule has 0 aliphatic carbocycles. The highest BCUT2D eigenvalue weighted by molar-refractivity contribution is 6.03. The Morgan fingerprint density at radius 3 is 2.87 bits per heavy atom. The fourth-order valence-corrected chi connectivity index (χ4v) is 2.01. The molecule has 3 rings (SSSR count). The van der Waals surface area contributed by atoms with Gasteiger partial charge in [0.25, 0.3) is 11.5 Å². The van der Waals surface area contributed by atoms with Gasteiger partial charge in [-0.3, -0.25) is 19.1 Å². The lowest BCUT2D eigenvalue weighted by Gasteiger charge is -2.06. The third-order valence-electron chi connectivity index (χ3n) is 3.12. The van der Waals surface area contributed by atoms with Crippen LogP contribution < -0.4 is 16.6 Å². The molecule has 0 fully saturated rings. The molecule has 1 amide bonds. The van der Waals surface area contributed by atoms with E-state index in [1.165, 1.54) is 12.5 Å². The molecule has 0 unspecified atom stereocenters. The average molecular weight is 312 g/mol. The molecule has 8 heteroatoms. The number of furan rings is 1. The number of hydrogen-bond donors (Lipinski definition) is 2. The van der Waals surface area contributed by atoms with E-state index in [0.29, 0.717) is 11.4 Å². The van der Waals surface area contributed by atoms with Crippen LogP contribution >= 0.6 is 0 Å². The quantitative estimate of drug-likeness (QED) is 0.741. The van der Waals surface area contributed by atoms with Crippen LogP contribution in [-0.2, 0) is 6.54 Å². The van der Waals surface area contributed by atoms with Crippen LogP contribution in [0.1, 0.15) is 16.1 Å². The van der Waals surface area contributed by atoms with Crippen LogP contribution in [0.5, 0.6) is 0 Å². The maximum atomic E-state index is 12.4. The van der Waals surface area contributed by atoms with Gasteiger partial charge in [0.2, 0.25) is 0 Å². The summed E-state index contributed by atoms with van der Waals surface area (Å²) in [6, 6.07) is 6.57. The monoisotopic (exact) mass is 312 g/mol. The number of carbonyl (C=O) groups is 1. The molecule has 23 heavy (non-hydrogen) atoms. The molecule has 3 aromatic heterocycles. The Kier molecular flexibility index (Phi) is 3.88. The summed E-state index contributed by atoms with van der Waals surface area (Å²) in [5, 5.41) is 2.54. The highest BCUT2D eigenvalue weighted by atomic mass is 16.3. The van der Waals surface area contributed by atoms with Crippen LogP contribution in [0.4, 0.5) is 5.69 Å². The van der Waals surface area contributed by atoms with E-state index >= 15 is 0 Å². The lowest BCUT2D eigenvalue weighted by Crippen LogP contribution is -2.39. The van der Waals surface area contributed by atoms with Crippen LogP contribution in [0.3, 0.4) is 0 Å². The van der Waals surface area contributed by atoms with Crippen molar-refractivity contribution in [2.24, 2.45) is 0 Å². The van der Waals surface area contributed by atoms with Gasteiger partial charge in [-0.15, -0.1) is 0 Å². The van der Waals surface area contributed by atoms with Crippen molar-refractivity contribution in [3.63, 3.8) is 0 Å². The van der Waals surface area contributed by atoms with E-state index in [4.69, 9.17) is 4.42 Å². The fourth-order valence-electron chi connectivity index (χ4n) is 2.01. The minimum atomic E-state index is -0.702. The zero-order valence-corrected chi connectivity index (χ0v) is 11.9. The van der Waals surface area contributed by atoms with Gasteiger partial charge in [0.15, 0.2) is 0 Å². The van der Waals surface area contributed by atoms with Crippen LogP contribution in [0, 0.1) is 0 Å². The van der Waals surface area contributed by atoms with Crippen molar-refractivity contribution in [1.82, 2.24) is 14.5 Å². The Morgan fingerprint density at radius 2 is 2.17 bits per heavy atom. The van der Waals surface area contributed by atoms with Gasteiger partial charge < -0.3 is 14.7 Å². The molecule has 0 atom stereocenters. The summed E-state index contributed by atoms with van der Waals surface area (Å²) in [7, 11) is 0. The predicted octanol–water partition coefficient (Wildman–Crippen LogP) is 0.825. The number of aromatic amines is 1. The van der Waals surface area contributed by atoms with Gasteiger partial charge >= 0.3 is 5.69 Å². The Labute approximate surface area is 129 Å². The lowest BCUT2D eigenvalue weighted by molar-refractivity contribution is 0.102. The van der Waals surface area contributed by atoms with E-state index in [1.54, 1.807) is 30.5 Å². The van der Waals surface area contributed by atoms with Crippen molar-refractivity contribution in [2.45, 2.75) is 6.54 Å². The number of amides is 1. The minimum Gasteiger partial charge on any atom is -0.467 e. The van der Waals surface area contributed by atoms with Gasteiger partial charge in [-0.05, 0) is 24.3 Å². The van der Waals surface area contributed by atoms with E-state index in [0.717, 1.165) is 10.8 Å².